The second kappa shape index (κ2) is 7.15. The smallest absolute Gasteiger partial charge is 0.330 e. The number of aromatic hydroxyl groups is 2. The van der Waals surface area contributed by atoms with Crippen LogP contribution >= 0.6 is 0 Å². The van der Waals surface area contributed by atoms with Crippen molar-refractivity contribution in [2.75, 3.05) is 6.61 Å². The van der Waals surface area contributed by atoms with Crippen LogP contribution in [0, 0.1) is 0 Å². The van der Waals surface area contributed by atoms with Gasteiger partial charge in [0.15, 0.2) is 11.5 Å². The number of carbonyl (C=O) groups excluding carboxylic acids is 1. The highest BCUT2D eigenvalue weighted by atomic mass is 16.5. The molecule has 1 aromatic rings. The molecule has 7 heteroatoms. The van der Waals surface area contributed by atoms with E-state index in [-0.39, 0.29) is 24.5 Å². The van der Waals surface area contributed by atoms with Crippen LogP contribution in [0.15, 0.2) is 24.3 Å². The van der Waals surface area contributed by atoms with Gasteiger partial charge in [-0.25, -0.2) is 4.79 Å². The lowest BCUT2D eigenvalue weighted by Gasteiger charge is -2.05. The van der Waals surface area contributed by atoms with Crippen molar-refractivity contribution in [3.05, 3.63) is 29.8 Å². The van der Waals surface area contributed by atoms with Crippen molar-refractivity contribution in [3.8, 4) is 11.5 Å². The van der Waals surface area contributed by atoms with Gasteiger partial charge in [-0.05, 0) is 23.8 Å². The van der Waals surface area contributed by atoms with Crippen molar-refractivity contribution >= 4 is 18.0 Å². The maximum atomic E-state index is 11.3. The molecule has 0 bridgehead atoms. The average molecular weight is 281 g/mol. The molecule has 0 aliphatic heterocycles. The number of rotatable bonds is 6. The summed E-state index contributed by atoms with van der Waals surface area (Å²) >= 11 is 0. The zero-order valence-corrected chi connectivity index (χ0v) is 10.5. The summed E-state index contributed by atoms with van der Waals surface area (Å²) in [7, 11) is 0. The van der Waals surface area contributed by atoms with Crippen molar-refractivity contribution < 1.29 is 29.6 Å². The highest BCUT2D eigenvalue weighted by Crippen LogP contribution is 2.25. The van der Waals surface area contributed by atoms with Gasteiger partial charge in [0.05, 0.1) is 6.61 Å². The van der Waals surface area contributed by atoms with Crippen molar-refractivity contribution in [2.45, 2.75) is 12.5 Å². The van der Waals surface area contributed by atoms with Crippen molar-refractivity contribution in [1.29, 1.82) is 0 Å². The van der Waals surface area contributed by atoms with E-state index in [1.165, 1.54) is 24.3 Å². The summed E-state index contributed by atoms with van der Waals surface area (Å²) in [6, 6.07) is 2.99. The minimum absolute atomic E-state index is 0.0227. The average Bonchev–Trinajstić information content (AvgIpc) is 2.40. The quantitative estimate of drug-likeness (QED) is 0.338. The minimum atomic E-state index is -1.16. The summed E-state index contributed by atoms with van der Waals surface area (Å²) in [6.07, 6.45) is 2.53. The number of benzene rings is 1. The number of nitrogens with two attached hydrogens (primary N) is 1. The van der Waals surface area contributed by atoms with E-state index in [2.05, 4.69) is 0 Å². The first-order valence-electron chi connectivity index (χ1n) is 5.75. The van der Waals surface area contributed by atoms with Crippen molar-refractivity contribution in [3.63, 3.8) is 0 Å². The number of carboxylic acid groups (broad SMARTS) is 1. The van der Waals surface area contributed by atoms with Crippen LogP contribution in [-0.4, -0.2) is 39.9 Å². The van der Waals surface area contributed by atoms with Gasteiger partial charge in [0, 0.05) is 12.5 Å². The number of carbonyl (C=O) groups is 2. The fraction of sp³-hybridized carbons (Fsp3) is 0.231. The number of hydrogen-bond acceptors (Lipinski definition) is 6. The maximum absolute atomic E-state index is 11.3. The second-order valence-corrected chi connectivity index (χ2v) is 3.98. The van der Waals surface area contributed by atoms with Crippen molar-refractivity contribution in [2.24, 2.45) is 5.73 Å². The molecule has 0 saturated heterocycles. The van der Waals surface area contributed by atoms with Gasteiger partial charge >= 0.3 is 11.9 Å². The van der Waals surface area contributed by atoms with E-state index in [4.69, 9.17) is 20.7 Å². The number of esters is 1. The molecule has 0 spiro atoms. The first kappa shape index (κ1) is 15.5. The van der Waals surface area contributed by atoms with E-state index >= 15 is 0 Å². The molecule has 1 aromatic carbocycles. The molecule has 0 radical (unpaired) electrons. The molecule has 1 unspecified atom stereocenters. The molecule has 108 valence electrons. The normalized spacial score (nSPS) is 12.2. The molecule has 0 fully saturated rings. The van der Waals surface area contributed by atoms with Crippen LogP contribution in [0.25, 0.3) is 6.08 Å². The van der Waals surface area contributed by atoms with Gasteiger partial charge in [-0.2, -0.15) is 0 Å². The van der Waals surface area contributed by atoms with E-state index in [1.54, 1.807) is 0 Å². The third-order valence-corrected chi connectivity index (χ3v) is 2.40. The highest BCUT2D eigenvalue weighted by molar-refractivity contribution is 5.87. The summed E-state index contributed by atoms with van der Waals surface area (Å²) in [5.41, 5.74) is 5.74. The lowest BCUT2D eigenvalue weighted by Crippen LogP contribution is -2.31. The first-order valence-corrected chi connectivity index (χ1v) is 5.75. The largest absolute Gasteiger partial charge is 0.504 e. The topological polar surface area (TPSA) is 130 Å². The Hall–Kier alpha value is -2.54. The molecule has 0 aliphatic carbocycles. The van der Waals surface area contributed by atoms with Crippen LogP contribution in [0.2, 0.25) is 0 Å². The molecular weight excluding hydrogens is 266 g/mol. The summed E-state index contributed by atoms with van der Waals surface area (Å²) in [6.45, 7) is -0.0997. The zero-order valence-electron chi connectivity index (χ0n) is 10.5. The molecule has 0 aromatic heterocycles. The lowest BCUT2D eigenvalue weighted by molar-refractivity contribution is -0.142. The Morgan fingerprint density at radius 3 is 2.60 bits per heavy atom. The minimum Gasteiger partial charge on any atom is -0.504 e. The Bertz CT molecular complexity index is 526. The Labute approximate surface area is 114 Å². The summed E-state index contributed by atoms with van der Waals surface area (Å²) < 4.78 is 4.76. The van der Waals surface area contributed by atoms with E-state index in [1.807, 2.05) is 0 Å². The number of aliphatic carboxylic acids is 1. The van der Waals surface area contributed by atoms with E-state index in [9.17, 15) is 14.7 Å². The van der Waals surface area contributed by atoms with Gasteiger partial charge in [-0.15, -0.1) is 0 Å². The van der Waals surface area contributed by atoms with E-state index < -0.39 is 18.0 Å². The standard InChI is InChI=1S/C13H15NO6/c14-9(13(18)19)5-6-20-12(17)4-2-8-1-3-10(15)11(16)7-8/h1-4,7,9,15-16H,5-6,14H2,(H,18,19)/b4-2+. The fourth-order valence-corrected chi connectivity index (χ4v) is 1.27. The summed E-state index contributed by atoms with van der Waals surface area (Å²) in [5, 5.41) is 26.9. The lowest BCUT2D eigenvalue weighted by atomic mass is 10.2. The van der Waals surface area contributed by atoms with Gasteiger partial charge in [-0.1, -0.05) is 6.07 Å². The fourth-order valence-electron chi connectivity index (χ4n) is 1.27. The number of ether oxygens (including phenoxy) is 1. The van der Waals surface area contributed by atoms with Crippen LogP contribution in [0.3, 0.4) is 0 Å². The maximum Gasteiger partial charge on any atom is 0.330 e. The molecule has 1 atom stereocenters. The van der Waals surface area contributed by atoms with Gasteiger partial charge in [-0.3, -0.25) is 4.79 Å². The summed E-state index contributed by atoms with van der Waals surface area (Å²) in [4.78, 5) is 21.7. The predicted molar refractivity (Wildman–Crippen MR) is 70.0 cm³/mol. The Morgan fingerprint density at radius 2 is 2.00 bits per heavy atom. The summed E-state index contributed by atoms with van der Waals surface area (Å²) in [5.74, 6) is -2.37. The van der Waals surface area contributed by atoms with Crippen LogP contribution in [0.5, 0.6) is 11.5 Å². The number of phenols is 2. The molecule has 0 aliphatic rings. The third kappa shape index (κ3) is 4.99. The number of carboxylic acids is 1. The third-order valence-electron chi connectivity index (χ3n) is 2.40. The van der Waals surface area contributed by atoms with E-state index in [0.29, 0.717) is 5.56 Å². The molecule has 0 saturated carbocycles. The SMILES string of the molecule is NC(CCOC(=O)/C=C/c1ccc(O)c(O)c1)C(=O)O. The van der Waals surface area contributed by atoms with Crippen LogP contribution < -0.4 is 5.73 Å². The predicted octanol–water partition coefficient (Wildman–Crippen LogP) is 0.456. The molecule has 5 N–H and O–H groups in total. The van der Waals surface area contributed by atoms with Crippen LogP contribution in [-0.2, 0) is 14.3 Å². The van der Waals surface area contributed by atoms with Crippen molar-refractivity contribution in [1.82, 2.24) is 0 Å². The molecule has 0 amide bonds. The van der Waals surface area contributed by atoms with Crippen LogP contribution in [0.1, 0.15) is 12.0 Å². The number of hydrogen-bond donors (Lipinski definition) is 4. The monoisotopic (exact) mass is 281 g/mol. The highest BCUT2D eigenvalue weighted by Gasteiger charge is 2.11. The zero-order chi connectivity index (χ0) is 15.1. The second-order valence-electron chi connectivity index (χ2n) is 3.98. The van der Waals surface area contributed by atoms with E-state index in [0.717, 1.165) is 6.08 Å². The molecule has 20 heavy (non-hydrogen) atoms. The molecule has 7 nitrogen and oxygen atoms in total. The van der Waals surface area contributed by atoms with Gasteiger partial charge in [0.2, 0.25) is 0 Å². The molecule has 1 rings (SSSR count). The Morgan fingerprint density at radius 1 is 1.30 bits per heavy atom. The molecular formula is C13H15NO6. The molecule has 0 heterocycles. The van der Waals surface area contributed by atoms with Gasteiger partial charge in [0.25, 0.3) is 0 Å². The Kier molecular flexibility index (Phi) is 5.55. The van der Waals surface area contributed by atoms with Crippen LogP contribution in [0.4, 0.5) is 0 Å². The van der Waals surface area contributed by atoms with Gasteiger partial charge in [0.1, 0.15) is 6.04 Å². The number of phenolic OH excluding ortho intramolecular Hbond substituents is 2. The van der Waals surface area contributed by atoms with Gasteiger partial charge < -0.3 is 25.8 Å². The first-order chi connectivity index (χ1) is 9.40. The Balaban J connectivity index is 2.43.